The molecule has 0 radical (unpaired) electrons. The molecule has 0 bridgehead atoms. The molecule has 2 aromatic rings. The Morgan fingerprint density at radius 1 is 1.13 bits per heavy atom. The number of benzene rings is 2. The second-order valence-electron chi connectivity index (χ2n) is 6.39. The molecule has 1 aliphatic heterocycles. The van der Waals surface area contributed by atoms with Crippen molar-refractivity contribution in [1.29, 1.82) is 0 Å². The number of hydrogen-bond donors (Lipinski definition) is 1. The molecule has 5 heteroatoms. The van der Waals surface area contributed by atoms with E-state index in [9.17, 15) is 9.00 Å². The van der Waals surface area contributed by atoms with Gasteiger partial charge < -0.3 is 10.6 Å². The molecule has 1 atom stereocenters. The molecular weight excluding hydrogens is 308 g/mol. The van der Waals surface area contributed by atoms with E-state index in [0.29, 0.717) is 12.2 Å². The normalized spacial score (nSPS) is 17.2. The van der Waals surface area contributed by atoms with E-state index in [1.54, 1.807) is 11.2 Å². The number of anilines is 2. The van der Waals surface area contributed by atoms with Crippen LogP contribution in [0.1, 0.15) is 25.0 Å². The van der Waals surface area contributed by atoms with Crippen molar-refractivity contribution in [3.8, 4) is 0 Å². The predicted molar refractivity (Wildman–Crippen MR) is 93.8 cm³/mol. The standard InChI is InChI=1S/C18H20N2O2S/c1-18(2)15-10-13(19)6-9-16(15)20(17(18)21)11-12-4-7-14(8-5-12)23(3)22/h4-10H,11,19H2,1-3H3. The van der Waals surface area contributed by atoms with E-state index in [2.05, 4.69) is 0 Å². The third-order valence-corrected chi connectivity index (χ3v) is 5.30. The van der Waals surface area contributed by atoms with Crippen molar-refractivity contribution in [2.45, 2.75) is 30.7 Å². The fourth-order valence-electron chi connectivity index (χ4n) is 2.98. The highest BCUT2D eigenvalue weighted by Crippen LogP contribution is 2.43. The van der Waals surface area contributed by atoms with Gasteiger partial charge in [0.05, 0.1) is 12.0 Å². The van der Waals surface area contributed by atoms with E-state index < -0.39 is 16.2 Å². The summed E-state index contributed by atoms with van der Waals surface area (Å²) in [6, 6.07) is 13.2. The van der Waals surface area contributed by atoms with Gasteiger partial charge in [0.1, 0.15) is 0 Å². The van der Waals surface area contributed by atoms with Gasteiger partial charge in [-0.1, -0.05) is 12.1 Å². The van der Waals surface area contributed by atoms with Gasteiger partial charge >= 0.3 is 0 Å². The van der Waals surface area contributed by atoms with Crippen LogP contribution in [0.25, 0.3) is 0 Å². The highest BCUT2D eigenvalue weighted by molar-refractivity contribution is 7.84. The summed E-state index contributed by atoms with van der Waals surface area (Å²) in [4.78, 5) is 15.4. The largest absolute Gasteiger partial charge is 0.399 e. The highest BCUT2D eigenvalue weighted by Gasteiger charge is 2.43. The lowest BCUT2D eigenvalue weighted by Gasteiger charge is -2.20. The van der Waals surface area contributed by atoms with Gasteiger partial charge in [-0.25, -0.2) is 0 Å². The minimum absolute atomic E-state index is 0.0706. The van der Waals surface area contributed by atoms with Crippen LogP contribution < -0.4 is 10.6 Å². The van der Waals surface area contributed by atoms with Gasteiger partial charge in [-0.05, 0) is 55.3 Å². The first-order chi connectivity index (χ1) is 10.8. The third kappa shape index (κ3) is 2.65. The molecule has 23 heavy (non-hydrogen) atoms. The van der Waals surface area contributed by atoms with Crippen molar-refractivity contribution < 1.29 is 9.00 Å². The van der Waals surface area contributed by atoms with Crippen LogP contribution in [0.4, 0.5) is 11.4 Å². The number of carbonyl (C=O) groups excluding carboxylic acids is 1. The lowest BCUT2D eigenvalue weighted by Crippen LogP contribution is -2.35. The molecule has 0 aromatic heterocycles. The third-order valence-electron chi connectivity index (χ3n) is 4.36. The first kappa shape index (κ1) is 15.7. The van der Waals surface area contributed by atoms with Crippen LogP contribution in [0.5, 0.6) is 0 Å². The molecule has 1 amide bonds. The molecule has 3 rings (SSSR count). The summed E-state index contributed by atoms with van der Waals surface area (Å²) in [7, 11) is -0.994. The molecule has 2 aromatic carbocycles. The van der Waals surface area contributed by atoms with Crippen LogP contribution in [-0.4, -0.2) is 16.4 Å². The lowest BCUT2D eigenvalue weighted by molar-refractivity contribution is -0.122. The zero-order valence-corrected chi connectivity index (χ0v) is 14.3. The lowest BCUT2D eigenvalue weighted by atomic mass is 9.86. The maximum atomic E-state index is 12.8. The summed E-state index contributed by atoms with van der Waals surface area (Å²) in [6.07, 6.45) is 1.65. The fourth-order valence-corrected chi connectivity index (χ4v) is 3.50. The number of fused-ring (bicyclic) bond motifs is 1. The van der Waals surface area contributed by atoms with E-state index in [-0.39, 0.29) is 5.91 Å². The average molecular weight is 328 g/mol. The fraction of sp³-hybridized carbons (Fsp3) is 0.278. The molecule has 0 spiro atoms. The van der Waals surface area contributed by atoms with Crippen molar-refractivity contribution >= 4 is 28.1 Å². The van der Waals surface area contributed by atoms with Gasteiger partial charge in [0.15, 0.2) is 0 Å². The summed E-state index contributed by atoms with van der Waals surface area (Å²) in [5.41, 5.74) is 8.86. The molecule has 0 aliphatic carbocycles. The Labute approximate surface area is 138 Å². The first-order valence-electron chi connectivity index (χ1n) is 7.45. The molecule has 0 saturated carbocycles. The van der Waals surface area contributed by atoms with Crippen molar-refractivity contribution in [3.05, 3.63) is 53.6 Å². The summed E-state index contributed by atoms with van der Waals surface area (Å²) in [6.45, 7) is 4.35. The second-order valence-corrected chi connectivity index (χ2v) is 7.77. The van der Waals surface area contributed by atoms with Gasteiger partial charge in [-0.3, -0.25) is 9.00 Å². The first-order valence-corrected chi connectivity index (χ1v) is 9.01. The Hall–Kier alpha value is -2.14. The van der Waals surface area contributed by atoms with E-state index >= 15 is 0 Å². The summed E-state index contributed by atoms with van der Waals surface area (Å²) in [5, 5.41) is 0. The van der Waals surface area contributed by atoms with Gasteiger partial charge in [0, 0.05) is 33.3 Å². The molecular formula is C18H20N2O2S. The quantitative estimate of drug-likeness (QED) is 0.881. The van der Waals surface area contributed by atoms with Crippen LogP contribution in [0.3, 0.4) is 0 Å². The molecule has 1 heterocycles. The molecule has 120 valence electrons. The molecule has 0 fully saturated rings. The predicted octanol–water partition coefficient (Wildman–Crippen LogP) is 2.83. The Morgan fingerprint density at radius 2 is 1.78 bits per heavy atom. The van der Waals surface area contributed by atoms with Crippen LogP contribution in [-0.2, 0) is 27.6 Å². The van der Waals surface area contributed by atoms with Crippen LogP contribution in [0.2, 0.25) is 0 Å². The second kappa shape index (κ2) is 5.49. The van der Waals surface area contributed by atoms with Crippen LogP contribution >= 0.6 is 0 Å². The van der Waals surface area contributed by atoms with Gasteiger partial charge in [0.2, 0.25) is 5.91 Å². The number of nitrogens with zero attached hydrogens (tertiary/aromatic N) is 1. The van der Waals surface area contributed by atoms with Gasteiger partial charge in [-0.15, -0.1) is 0 Å². The monoisotopic (exact) mass is 328 g/mol. The number of nitrogen functional groups attached to an aromatic ring is 1. The van der Waals surface area contributed by atoms with Gasteiger partial charge in [-0.2, -0.15) is 0 Å². The maximum Gasteiger partial charge on any atom is 0.237 e. The minimum Gasteiger partial charge on any atom is -0.399 e. The molecule has 1 aliphatic rings. The van der Waals surface area contributed by atoms with Crippen LogP contribution in [0.15, 0.2) is 47.4 Å². The summed E-state index contributed by atoms with van der Waals surface area (Å²) < 4.78 is 11.5. The maximum absolute atomic E-state index is 12.8. The molecule has 0 saturated heterocycles. The highest BCUT2D eigenvalue weighted by atomic mass is 32.2. The number of nitrogens with two attached hydrogens (primary N) is 1. The number of rotatable bonds is 3. The van der Waals surface area contributed by atoms with E-state index in [0.717, 1.165) is 21.7 Å². The van der Waals surface area contributed by atoms with Gasteiger partial charge in [0.25, 0.3) is 0 Å². The Kier molecular flexibility index (Phi) is 3.76. The average Bonchev–Trinajstić information content (AvgIpc) is 2.69. The van der Waals surface area contributed by atoms with E-state index in [1.165, 1.54) is 0 Å². The zero-order valence-electron chi connectivity index (χ0n) is 13.5. The smallest absolute Gasteiger partial charge is 0.237 e. The molecule has 2 N–H and O–H groups in total. The Balaban J connectivity index is 1.95. The van der Waals surface area contributed by atoms with Crippen LogP contribution in [0, 0.1) is 0 Å². The SMILES string of the molecule is CS(=O)c1ccc(CN2C(=O)C(C)(C)c3cc(N)ccc32)cc1. The number of amides is 1. The molecule has 1 unspecified atom stereocenters. The number of hydrogen-bond acceptors (Lipinski definition) is 3. The summed E-state index contributed by atoms with van der Waals surface area (Å²) in [5.74, 6) is 0.0706. The zero-order chi connectivity index (χ0) is 16.8. The van der Waals surface area contributed by atoms with E-state index in [1.807, 2.05) is 56.3 Å². The Morgan fingerprint density at radius 3 is 2.39 bits per heavy atom. The van der Waals surface area contributed by atoms with E-state index in [4.69, 9.17) is 5.73 Å². The summed E-state index contributed by atoms with van der Waals surface area (Å²) >= 11 is 0. The topological polar surface area (TPSA) is 63.4 Å². The minimum atomic E-state index is -0.994. The molecule has 4 nitrogen and oxygen atoms in total. The Bertz CT molecular complexity index is 797. The number of carbonyl (C=O) groups is 1. The van der Waals surface area contributed by atoms with Crippen molar-refractivity contribution in [2.24, 2.45) is 0 Å². The van der Waals surface area contributed by atoms with Crippen molar-refractivity contribution in [3.63, 3.8) is 0 Å². The van der Waals surface area contributed by atoms with Crippen molar-refractivity contribution in [2.75, 3.05) is 16.9 Å². The van der Waals surface area contributed by atoms with Crippen molar-refractivity contribution in [1.82, 2.24) is 0 Å².